The predicted molar refractivity (Wildman–Crippen MR) is 114 cm³/mol. The van der Waals surface area contributed by atoms with Crippen molar-refractivity contribution in [2.75, 3.05) is 44.3 Å². The van der Waals surface area contributed by atoms with E-state index in [0.29, 0.717) is 6.42 Å². The lowest BCUT2D eigenvalue weighted by molar-refractivity contribution is -0.116. The molecule has 1 fully saturated rings. The molecule has 0 aromatic heterocycles. The van der Waals surface area contributed by atoms with Crippen LogP contribution in [-0.2, 0) is 11.3 Å². The van der Waals surface area contributed by atoms with Crippen molar-refractivity contribution in [3.05, 3.63) is 59.7 Å². The molecule has 4 nitrogen and oxygen atoms in total. The fourth-order valence-corrected chi connectivity index (χ4v) is 3.97. The molecule has 5 heteroatoms. The highest BCUT2D eigenvalue weighted by atomic mass is 32.2. The Labute approximate surface area is 166 Å². The van der Waals surface area contributed by atoms with Gasteiger partial charge in [0.15, 0.2) is 0 Å². The van der Waals surface area contributed by atoms with Crippen LogP contribution in [0, 0.1) is 6.92 Å². The first kappa shape index (κ1) is 19.9. The fraction of sp³-hybridized carbons (Fsp3) is 0.409. The number of carbonyl (C=O) groups is 1. The average molecular weight is 384 g/mol. The minimum atomic E-state index is 0.0961. The molecule has 1 aliphatic heterocycles. The van der Waals surface area contributed by atoms with Gasteiger partial charge in [0, 0.05) is 50.6 Å². The normalized spacial score (nSPS) is 15.6. The van der Waals surface area contributed by atoms with Crippen molar-refractivity contribution in [1.82, 2.24) is 9.80 Å². The molecule has 2 aromatic carbocycles. The van der Waals surface area contributed by atoms with Gasteiger partial charge in [-0.15, -0.1) is 11.8 Å². The van der Waals surface area contributed by atoms with Gasteiger partial charge in [0.2, 0.25) is 5.91 Å². The molecule has 1 amide bonds. The first-order chi connectivity index (χ1) is 13.2. The Morgan fingerprint density at radius 2 is 1.67 bits per heavy atom. The maximum atomic E-state index is 12.3. The van der Waals surface area contributed by atoms with Crippen LogP contribution in [0.15, 0.2) is 53.4 Å². The van der Waals surface area contributed by atoms with E-state index in [2.05, 4.69) is 46.3 Å². The fourth-order valence-electron chi connectivity index (χ4n) is 3.42. The van der Waals surface area contributed by atoms with E-state index in [9.17, 15) is 4.79 Å². The van der Waals surface area contributed by atoms with E-state index in [1.54, 1.807) is 11.8 Å². The van der Waals surface area contributed by atoms with Gasteiger partial charge in [-0.1, -0.05) is 36.4 Å². The molecular weight excluding hydrogens is 354 g/mol. The van der Waals surface area contributed by atoms with Crippen molar-refractivity contribution in [3.8, 4) is 0 Å². The van der Waals surface area contributed by atoms with Crippen LogP contribution in [0.4, 0.5) is 5.69 Å². The van der Waals surface area contributed by atoms with Crippen LogP contribution in [0.25, 0.3) is 0 Å². The van der Waals surface area contributed by atoms with Gasteiger partial charge < -0.3 is 10.2 Å². The molecule has 1 N–H and O–H groups in total. The second-order valence-electron chi connectivity index (χ2n) is 7.04. The van der Waals surface area contributed by atoms with Gasteiger partial charge in [0.1, 0.15) is 0 Å². The van der Waals surface area contributed by atoms with E-state index in [-0.39, 0.29) is 5.91 Å². The molecule has 0 unspecified atom stereocenters. The third-order valence-electron chi connectivity index (χ3n) is 5.16. The molecule has 0 saturated carbocycles. The van der Waals surface area contributed by atoms with Crippen LogP contribution in [0.5, 0.6) is 0 Å². The molecule has 0 radical (unpaired) electrons. The molecule has 2 aromatic rings. The zero-order valence-corrected chi connectivity index (χ0v) is 17.1. The lowest BCUT2D eigenvalue weighted by atomic mass is 10.1. The summed E-state index contributed by atoms with van der Waals surface area (Å²) in [6.07, 6.45) is 2.57. The zero-order chi connectivity index (χ0) is 19.1. The highest BCUT2D eigenvalue weighted by molar-refractivity contribution is 7.98. The molecule has 1 saturated heterocycles. The number of piperazine rings is 1. The Hall–Kier alpha value is -1.82. The lowest BCUT2D eigenvalue weighted by Gasteiger charge is -2.34. The van der Waals surface area contributed by atoms with Crippen molar-refractivity contribution in [3.63, 3.8) is 0 Å². The van der Waals surface area contributed by atoms with Gasteiger partial charge in [0.25, 0.3) is 0 Å². The van der Waals surface area contributed by atoms with Crippen molar-refractivity contribution in [1.29, 1.82) is 0 Å². The molecule has 0 atom stereocenters. The standard InChI is InChI=1S/C22H29N3OS/c1-18-7-3-4-8-19(18)17-25-15-13-24(14-16-25)12-11-22(26)23-20-9-5-6-10-21(20)27-2/h3-10H,11-17H2,1-2H3,(H,23,26). The second-order valence-corrected chi connectivity index (χ2v) is 7.89. The van der Waals surface area contributed by atoms with Gasteiger partial charge in [0.05, 0.1) is 5.69 Å². The number of nitrogens with one attached hydrogen (secondary N) is 1. The zero-order valence-electron chi connectivity index (χ0n) is 16.3. The van der Waals surface area contributed by atoms with Crippen LogP contribution in [0.3, 0.4) is 0 Å². The molecule has 3 rings (SSSR count). The summed E-state index contributed by atoms with van der Waals surface area (Å²) in [6, 6.07) is 16.6. The Morgan fingerprint density at radius 1 is 1.00 bits per heavy atom. The minimum absolute atomic E-state index is 0.0961. The summed E-state index contributed by atoms with van der Waals surface area (Å²) >= 11 is 1.65. The van der Waals surface area contributed by atoms with Crippen molar-refractivity contribution in [2.24, 2.45) is 0 Å². The summed E-state index contributed by atoms with van der Waals surface area (Å²) in [5.41, 5.74) is 3.69. The quantitative estimate of drug-likeness (QED) is 0.737. The van der Waals surface area contributed by atoms with E-state index in [0.717, 1.165) is 49.9 Å². The Bertz CT molecular complexity index is 757. The SMILES string of the molecule is CSc1ccccc1NC(=O)CCN1CCN(Cc2ccccc2C)CC1. The average Bonchev–Trinajstić information content (AvgIpc) is 2.69. The number of aryl methyl sites for hydroxylation is 1. The number of rotatable bonds is 7. The highest BCUT2D eigenvalue weighted by Crippen LogP contribution is 2.24. The summed E-state index contributed by atoms with van der Waals surface area (Å²) in [5, 5.41) is 3.05. The largest absolute Gasteiger partial charge is 0.325 e. The van der Waals surface area contributed by atoms with E-state index < -0.39 is 0 Å². The van der Waals surface area contributed by atoms with E-state index in [1.165, 1.54) is 11.1 Å². The summed E-state index contributed by atoms with van der Waals surface area (Å²) in [5.74, 6) is 0.0961. The summed E-state index contributed by atoms with van der Waals surface area (Å²) in [4.78, 5) is 18.3. The van der Waals surface area contributed by atoms with Crippen LogP contribution in [0.2, 0.25) is 0 Å². The number of benzene rings is 2. The second kappa shape index (κ2) is 9.93. The molecule has 0 spiro atoms. The third-order valence-corrected chi connectivity index (χ3v) is 5.95. The Balaban J connectivity index is 1.40. The van der Waals surface area contributed by atoms with Crippen LogP contribution < -0.4 is 5.32 Å². The molecule has 0 bridgehead atoms. The number of hydrogen-bond donors (Lipinski definition) is 1. The topological polar surface area (TPSA) is 35.6 Å². The number of carbonyl (C=O) groups excluding carboxylic acids is 1. The summed E-state index contributed by atoms with van der Waals surface area (Å²) in [6.45, 7) is 8.20. The maximum Gasteiger partial charge on any atom is 0.225 e. The van der Waals surface area contributed by atoms with Gasteiger partial charge in [-0.3, -0.25) is 9.69 Å². The molecule has 27 heavy (non-hydrogen) atoms. The smallest absolute Gasteiger partial charge is 0.225 e. The third kappa shape index (κ3) is 5.83. The molecule has 0 aliphatic carbocycles. The highest BCUT2D eigenvalue weighted by Gasteiger charge is 2.18. The number of hydrogen-bond acceptors (Lipinski definition) is 4. The number of nitrogens with zero attached hydrogens (tertiary/aromatic N) is 2. The van der Waals surface area contributed by atoms with E-state index >= 15 is 0 Å². The van der Waals surface area contributed by atoms with Crippen molar-refractivity contribution < 1.29 is 4.79 Å². The first-order valence-electron chi connectivity index (χ1n) is 9.58. The van der Waals surface area contributed by atoms with Gasteiger partial charge in [-0.2, -0.15) is 0 Å². The first-order valence-corrected chi connectivity index (χ1v) is 10.8. The van der Waals surface area contributed by atoms with Crippen LogP contribution in [-0.4, -0.2) is 54.7 Å². The lowest BCUT2D eigenvalue weighted by Crippen LogP contribution is -2.46. The maximum absolute atomic E-state index is 12.3. The summed E-state index contributed by atoms with van der Waals surface area (Å²) < 4.78 is 0. The van der Waals surface area contributed by atoms with Gasteiger partial charge in [-0.05, 0) is 36.4 Å². The molecular formula is C22H29N3OS. The number of para-hydroxylation sites is 1. The Morgan fingerprint density at radius 3 is 2.41 bits per heavy atom. The van der Waals surface area contributed by atoms with Gasteiger partial charge >= 0.3 is 0 Å². The van der Waals surface area contributed by atoms with Crippen LogP contribution in [0.1, 0.15) is 17.5 Å². The van der Waals surface area contributed by atoms with Crippen LogP contribution >= 0.6 is 11.8 Å². The minimum Gasteiger partial charge on any atom is -0.325 e. The molecule has 144 valence electrons. The van der Waals surface area contributed by atoms with Crippen molar-refractivity contribution >= 4 is 23.4 Å². The number of thioether (sulfide) groups is 1. The summed E-state index contributed by atoms with van der Waals surface area (Å²) in [7, 11) is 0. The molecule has 1 aliphatic rings. The van der Waals surface area contributed by atoms with Crippen molar-refractivity contribution in [2.45, 2.75) is 24.8 Å². The number of amides is 1. The van der Waals surface area contributed by atoms with E-state index in [1.807, 2.05) is 30.5 Å². The predicted octanol–water partition coefficient (Wildman–Crippen LogP) is 3.86. The molecule has 1 heterocycles. The monoisotopic (exact) mass is 383 g/mol. The van der Waals surface area contributed by atoms with Gasteiger partial charge in [-0.25, -0.2) is 0 Å². The number of anilines is 1. The van der Waals surface area contributed by atoms with E-state index in [4.69, 9.17) is 0 Å². The Kier molecular flexibility index (Phi) is 7.33.